The molecule has 0 spiro atoms. The number of fused-ring (bicyclic) bond motifs is 1. The number of carbonyl (C=O) groups excluding carboxylic acids is 2. The third-order valence-corrected chi connectivity index (χ3v) is 5.68. The number of benzene rings is 2. The first-order valence-electron chi connectivity index (χ1n) is 9.69. The van der Waals surface area contributed by atoms with E-state index < -0.39 is 11.9 Å². The largest absolute Gasteiger partial charge is 0.349 e. The molecule has 4 rings (SSSR count). The minimum Gasteiger partial charge on any atom is -0.349 e. The molecule has 2 heterocycles. The quantitative estimate of drug-likeness (QED) is 0.488. The Balaban J connectivity index is 1.61. The molecule has 0 aliphatic rings. The molecule has 0 fully saturated rings. The van der Waals surface area contributed by atoms with E-state index in [4.69, 9.17) is 0 Å². The molecule has 0 aliphatic heterocycles. The van der Waals surface area contributed by atoms with Gasteiger partial charge in [0.2, 0.25) is 11.8 Å². The van der Waals surface area contributed by atoms with Gasteiger partial charge in [0.05, 0.1) is 17.8 Å². The molecule has 2 aromatic carbocycles. The summed E-state index contributed by atoms with van der Waals surface area (Å²) in [5, 5.41) is 5.13. The lowest BCUT2D eigenvalue weighted by atomic mass is 10.0. The highest BCUT2D eigenvalue weighted by molar-refractivity contribution is 7.17. The summed E-state index contributed by atoms with van der Waals surface area (Å²) in [7, 11) is 0. The predicted octanol–water partition coefficient (Wildman–Crippen LogP) is 3.46. The van der Waals surface area contributed by atoms with Crippen LogP contribution < -0.4 is 16.3 Å². The lowest BCUT2D eigenvalue weighted by Gasteiger charge is -2.18. The molecule has 0 bridgehead atoms. The molecule has 0 aliphatic carbocycles. The van der Waals surface area contributed by atoms with Crippen molar-refractivity contribution in [2.45, 2.75) is 19.4 Å². The van der Waals surface area contributed by atoms with Gasteiger partial charge in [0.25, 0.3) is 5.56 Å². The van der Waals surface area contributed by atoms with Crippen LogP contribution in [0.25, 0.3) is 21.3 Å². The highest BCUT2D eigenvalue weighted by Crippen LogP contribution is 2.30. The van der Waals surface area contributed by atoms with Crippen molar-refractivity contribution in [3.8, 4) is 11.1 Å². The summed E-state index contributed by atoms with van der Waals surface area (Å²) in [6.45, 7) is 1.40. The number of aromatic nitrogens is 2. The van der Waals surface area contributed by atoms with Crippen LogP contribution in [0.2, 0.25) is 0 Å². The van der Waals surface area contributed by atoms with Crippen LogP contribution >= 0.6 is 11.3 Å². The van der Waals surface area contributed by atoms with Crippen LogP contribution in [0, 0.1) is 0 Å². The Morgan fingerprint density at radius 2 is 1.74 bits per heavy atom. The third kappa shape index (κ3) is 4.54. The number of rotatable bonds is 6. The molecule has 2 aromatic heterocycles. The van der Waals surface area contributed by atoms with E-state index in [0.29, 0.717) is 10.2 Å². The lowest BCUT2D eigenvalue weighted by molar-refractivity contribution is -0.120. The van der Waals surface area contributed by atoms with Crippen molar-refractivity contribution in [1.29, 1.82) is 0 Å². The zero-order chi connectivity index (χ0) is 21.8. The molecule has 4 aromatic rings. The molecule has 0 saturated heterocycles. The van der Waals surface area contributed by atoms with E-state index in [0.717, 1.165) is 21.4 Å². The van der Waals surface area contributed by atoms with Gasteiger partial charge < -0.3 is 5.32 Å². The molecule has 0 saturated carbocycles. The van der Waals surface area contributed by atoms with Gasteiger partial charge in [-0.1, -0.05) is 60.7 Å². The van der Waals surface area contributed by atoms with E-state index in [-0.39, 0.29) is 17.9 Å². The summed E-state index contributed by atoms with van der Waals surface area (Å²) in [5.74, 6) is -0.657. The Bertz CT molecular complexity index is 1280. The van der Waals surface area contributed by atoms with Crippen molar-refractivity contribution in [1.82, 2.24) is 15.0 Å². The molecule has 156 valence electrons. The average Bonchev–Trinajstić information content (AvgIpc) is 3.21. The topological polar surface area (TPSA) is 93.1 Å². The van der Waals surface area contributed by atoms with Gasteiger partial charge in [-0.05, 0) is 11.1 Å². The summed E-state index contributed by atoms with van der Waals surface area (Å²) < 4.78 is 1.10. The first-order chi connectivity index (χ1) is 15.0. The Hall–Kier alpha value is -3.78. The van der Waals surface area contributed by atoms with Crippen molar-refractivity contribution in [2.75, 3.05) is 5.43 Å². The second-order valence-electron chi connectivity index (χ2n) is 7.02. The van der Waals surface area contributed by atoms with Crippen molar-refractivity contribution in [3.05, 3.63) is 88.3 Å². The minimum absolute atomic E-state index is 0.0246. The number of hydrogen-bond acceptors (Lipinski definition) is 5. The fourth-order valence-corrected chi connectivity index (χ4v) is 4.30. The van der Waals surface area contributed by atoms with Gasteiger partial charge in [0.15, 0.2) is 0 Å². The third-order valence-electron chi connectivity index (χ3n) is 4.79. The number of thiophene rings is 1. The van der Waals surface area contributed by atoms with Crippen molar-refractivity contribution < 1.29 is 9.59 Å². The smallest absolute Gasteiger partial charge is 0.281 e. The summed E-state index contributed by atoms with van der Waals surface area (Å²) in [6, 6.07) is 18.3. The van der Waals surface area contributed by atoms with Gasteiger partial charge in [-0.3, -0.25) is 19.8 Å². The second kappa shape index (κ2) is 8.93. The number of nitrogens with zero attached hydrogens (tertiary/aromatic N) is 2. The van der Waals surface area contributed by atoms with Crippen LogP contribution in [0.4, 0.5) is 0 Å². The lowest BCUT2D eigenvalue weighted by Crippen LogP contribution is -2.36. The van der Waals surface area contributed by atoms with Crippen molar-refractivity contribution >= 4 is 33.4 Å². The highest BCUT2D eigenvalue weighted by Gasteiger charge is 2.19. The van der Waals surface area contributed by atoms with E-state index in [2.05, 4.69) is 15.7 Å². The maximum atomic E-state index is 13.1. The summed E-state index contributed by atoms with van der Waals surface area (Å²) in [5.41, 5.74) is 4.74. The number of amides is 2. The van der Waals surface area contributed by atoms with Crippen LogP contribution in [0.1, 0.15) is 24.9 Å². The highest BCUT2D eigenvalue weighted by atomic mass is 32.1. The van der Waals surface area contributed by atoms with E-state index in [9.17, 15) is 14.4 Å². The van der Waals surface area contributed by atoms with Gasteiger partial charge in [-0.2, -0.15) is 0 Å². The number of hydrogen-bond donors (Lipinski definition) is 2. The summed E-state index contributed by atoms with van der Waals surface area (Å²) in [6.07, 6.45) is 1.28. The second-order valence-corrected chi connectivity index (χ2v) is 7.88. The normalized spacial score (nSPS) is 11.8. The minimum atomic E-state index is -0.507. The van der Waals surface area contributed by atoms with Gasteiger partial charge in [-0.25, -0.2) is 9.66 Å². The van der Waals surface area contributed by atoms with Crippen LogP contribution in [0.15, 0.2) is 77.2 Å². The molecular formula is C23H20N4O3S. The monoisotopic (exact) mass is 432 g/mol. The molecule has 7 nitrogen and oxygen atoms in total. The van der Waals surface area contributed by atoms with Crippen molar-refractivity contribution in [3.63, 3.8) is 0 Å². The zero-order valence-corrected chi connectivity index (χ0v) is 17.6. The van der Waals surface area contributed by atoms with E-state index in [1.165, 1.54) is 24.6 Å². The predicted molar refractivity (Wildman–Crippen MR) is 121 cm³/mol. The van der Waals surface area contributed by atoms with Crippen LogP contribution in [0.5, 0.6) is 0 Å². The van der Waals surface area contributed by atoms with Crippen LogP contribution in [0.3, 0.4) is 0 Å². The molecule has 1 atom stereocenters. The molecule has 2 N–H and O–H groups in total. The maximum Gasteiger partial charge on any atom is 0.281 e. The standard InChI is InChI=1S/C23H20N4O3S/c1-15(28)25-19(17-10-6-3-7-11-17)12-20(29)26-27-14-24-22-21(23(27)30)18(13-31-22)16-8-4-2-5-9-16/h2-11,13-14,19H,12H2,1H3,(H,25,28)(H,26,29)/t19-/m1/s1. The first kappa shape index (κ1) is 20.5. The molecule has 0 radical (unpaired) electrons. The molecule has 2 amide bonds. The Morgan fingerprint density at radius 1 is 1.06 bits per heavy atom. The van der Waals surface area contributed by atoms with Gasteiger partial charge in [-0.15, -0.1) is 11.3 Å². The van der Waals surface area contributed by atoms with Gasteiger partial charge in [0, 0.05) is 17.9 Å². The molecular weight excluding hydrogens is 412 g/mol. The van der Waals surface area contributed by atoms with Crippen molar-refractivity contribution in [2.24, 2.45) is 0 Å². The van der Waals surface area contributed by atoms with Gasteiger partial charge in [0.1, 0.15) is 11.2 Å². The SMILES string of the molecule is CC(=O)N[C@H](CC(=O)Nn1cnc2scc(-c3ccccc3)c2c1=O)c1ccccc1. The zero-order valence-electron chi connectivity index (χ0n) is 16.7. The Kier molecular flexibility index (Phi) is 5.90. The van der Waals surface area contributed by atoms with E-state index in [1.54, 1.807) is 0 Å². The molecule has 31 heavy (non-hydrogen) atoms. The van der Waals surface area contributed by atoms with Crippen LogP contribution in [-0.2, 0) is 9.59 Å². The Morgan fingerprint density at radius 3 is 2.42 bits per heavy atom. The average molecular weight is 433 g/mol. The first-order valence-corrected chi connectivity index (χ1v) is 10.6. The van der Waals surface area contributed by atoms with E-state index in [1.807, 2.05) is 66.0 Å². The fourth-order valence-electron chi connectivity index (χ4n) is 3.39. The molecule has 8 heteroatoms. The summed E-state index contributed by atoms with van der Waals surface area (Å²) in [4.78, 5) is 42.3. The fraction of sp³-hybridized carbons (Fsp3) is 0.130. The Labute approximate surface area is 182 Å². The van der Waals surface area contributed by atoms with Crippen LogP contribution in [-0.4, -0.2) is 21.5 Å². The summed E-state index contributed by atoms with van der Waals surface area (Å²) >= 11 is 1.38. The molecule has 0 unspecified atom stereocenters. The van der Waals surface area contributed by atoms with Gasteiger partial charge >= 0.3 is 0 Å². The maximum absolute atomic E-state index is 13.1. The van der Waals surface area contributed by atoms with E-state index >= 15 is 0 Å². The number of carbonyl (C=O) groups is 2. The number of nitrogens with one attached hydrogen (secondary N) is 2.